The van der Waals surface area contributed by atoms with Gasteiger partial charge in [0.2, 0.25) is 0 Å². The minimum Gasteiger partial charge on any atom is -0.465 e. The maximum Gasteiger partial charge on any atom is 0.341 e. The van der Waals surface area contributed by atoms with Gasteiger partial charge in [-0.2, -0.15) is 0 Å². The lowest BCUT2D eigenvalue weighted by Gasteiger charge is -2.21. The molecule has 0 saturated heterocycles. The Kier molecular flexibility index (Phi) is 7.31. The van der Waals surface area contributed by atoms with Crippen molar-refractivity contribution in [2.24, 2.45) is 10.9 Å². The minimum absolute atomic E-state index is 0.355. The molecular formula is C18H29N3O4. The van der Waals surface area contributed by atoms with Gasteiger partial charge in [0.05, 0.1) is 13.7 Å². The summed E-state index contributed by atoms with van der Waals surface area (Å²) in [4.78, 5) is 18.3. The summed E-state index contributed by atoms with van der Waals surface area (Å²) in [5, 5.41) is 3.26. The highest BCUT2D eigenvalue weighted by atomic mass is 16.5. The van der Waals surface area contributed by atoms with Crippen molar-refractivity contribution in [3.05, 3.63) is 23.2 Å². The molecule has 7 heteroatoms. The molecule has 0 spiro atoms. The molecule has 1 aromatic rings. The number of furan rings is 1. The Balaban J connectivity index is 1.89. The van der Waals surface area contributed by atoms with Crippen LogP contribution in [0.5, 0.6) is 0 Å². The van der Waals surface area contributed by atoms with E-state index in [2.05, 4.69) is 10.3 Å². The van der Waals surface area contributed by atoms with Gasteiger partial charge in [-0.15, -0.1) is 0 Å². The van der Waals surface area contributed by atoms with Gasteiger partial charge in [-0.05, 0) is 38.7 Å². The molecule has 1 N–H and O–H groups in total. The van der Waals surface area contributed by atoms with Crippen molar-refractivity contribution >= 4 is 11.9 Å². The van der Waals surface area contributed by atoms with Crippen molar-refractivity contribution < 1.29 is 18.7 Å². The number of hydrogen-bond donors (Lipinski definition) is 1. The molecule has 0 unspecified atom stereocenters. The quantitative estimate of drug-likeness (QED) is 0.318. The summed E-state index contributed by atoms with van der Waals surface area (Å²) in [5.74, 6) is 2.34. The Labute approximate surface area is 149 Å². The van der Waals surface area contributed by atoms with Crippen molar-refractivity contribution in [2.45, 2.75) is 33.2 Å². The van der Waals surface area contributed by atoms with Gasteiger partial charge in [0.1, 0.15) is 23.6 Å². The molecule has 2 rings (SSSR count). The van der Waals surface area contributed by atoms with Crippen molar-refractivity contribution in [3.8, 4) is 0 Å². The molecule has 1 aliphatic rings. The first-order valence-corrected chi connectivity index (χ1v) is 8.80. The Morgan fingerprint density at radius 3 is 2.88 bits per heavy atom. The number of rotatable bonds is 9. The van der Waals surface area contributed by atoms with Crippen LogP contribution in [0.3, 0.4) is 0 Å². The van der Waals surface area contributed by atoms with Crippen molar-refractivity contribution in [1.29, 1.82) is 0 Å². The number of likely N-dealkylation sites (N-methyl/N-ethyl adjacent to an activating group) is 1. The maximum absolute atomic E-state index is 11.6. The molecule has 1 aromatic heterocycles. The van der Waals surface area contributed by atoms with Crippen LogP contribution < -0.4 is 5.32 Å². The van der Waals surface area contributed by atoms with Crippen molar-refractivity contribution in [1.82, 2.24) is 10.2 Å². The van der Waals surface area contributed by atoms with Gasteiger partial charge < -0.3 is 24.1 Å². The maximum atomic E-state index is 11.6. The van der Waals surface area contributed by atoms with Crippen LogP contribution in [0.4, 0.5) is 0 Å². The van der Waals surface area contributed by atoms with E-state index in [4.69, 9.17) is 13.9 Å². The lowest BCUT2D eigenvalue weighted by Crippen LogP contribution is -2.40. The summed E-state index contributed by atoms with van der Waals surface area (Å²) in [6.07, 6.45) is 2.60. The van der Waals surface area contributed by atoms with E-state index in [0.29, 0.717) is 30.2 Å². The average Bonchev–Trinajstić information content (AvgIpc) is 3.35. The molecule has 1 heterocycles. The van der Waals surface area contributed by atoms with Crippen LogP contribution in [0, 0.1) is 12.8 Å². The molecule has 0 aromatic carbocycles. The van der Waals surface area contributed by atoms with Crippen LogP contribution in [0.2, 0.25) is 0 Å². The third-order valence-corrected chi connectivity index (χ3v) is 4.08. The standard InChI is InChI=1S/C18H29N3O4/c1-5-19-18(21(3)8-9-24-12-14-6-7-14)20-11-15-10-16(13(2)25-15)17(22)23-4/h10,14H,5-9,11-12H2,1-4H3,(H,19,20). The minimum atomic E-state index is -0.395. The van der Waals surface area contributed by atoms with Crippen LogP contribution in [0.1, 0.15) is 41.6 Å². The predicted molar refractivity (Wildman–Crippen MR) is 95.8 cm³/mol. The van der Waals surface area contributed by atoms with E-state index in [-0.39, 0.29) is 0 Å². The van der Waals surface area contributed by atoms with E-state index in [1.54, 1.807) is 13.0 Å². The Hall–Kier alpha value is -2.02. The Morgan fingerprint density at radius 1 is 1.48 bits per heavy atom. The summed E-state index contributed by atoms with van der Waals surface area (Å²) in [7, 11) is 3.34. The molecule has 1 fully saturated rings. The summed E-state index contributed by atoms with van der Waals surface area (Å²) in [5.41, 5.74) is 0.444. The van der Waals surface area contributed by atoms with Crippen LogP contribution in [0.25, 0.3) is 0 Å². The number of methoxy groups -OCH3 is 1. The topological polar surface area (TPSA) is 76.3 Å². The Morgan fingerprint density at radius 2 is 2.24 bits per heavy atom. The third-order valence-electron chi connectivity index (χ3n) is 4.08. The van der Waals surface area contributed by atoms with E-state index in [1.807, 2.05) is 18.9 Å². The number of esters is 1. The molecule has 1 saturated carbocycles. The number of guanidine groups is 1. The predicted octanol–water partition coefficient (Wildman–Crippen LogP) is 2.20. The second kappa shape index (κ2) is 9.46. The highest BCUT2D eigenvalue weighted by molar-refractivity contribution is 5.90. The van der Waals surface area contributed by atoms with Gasteiger partial charge >= 0.3 is 5.97 Å². The van der Waals surface area contributed by atoms with E-state index in [9.17, 15) is 4.79 Å². The van der Waals surface area contributed by atoms with Gasteiger partial charge in [0.25, 0.3) is 0 Å². The van der Waals surface area contributed by atoms with E-state index in [1.165, 1.54) is 20.0 Å². The molecule has 7 nitrogen and oxygen atoms in total. The zero-order chi connectivity index (χ0) is 18.2. The van der Waals surface area contributed by atoms with Crippen LogP contribution in [-0.2, 0) is 16.0 Å². The summed E-state index contributed by atoms with van der Waals surface area (Å²) >= 11 is 0. The molecule has 25 heavy (non-hydrogen) atoms. The zero-order valence-corrected chi connectivity index (χ0v) is 15.6. The largest absolute Gasteiger partial charge is 0.465 e. The van der Waals surface area contributed by atoms with Gasteiger partial charge in [0, 0.05) is 26.7 Å². The van der Waals surface area contributed by atoms with Crippen LogP contribution in [-0.4, -0.2) is 57.3 Å². The fraction of sp³-hybridized carbons (Fsp3) is 0.667. The van der Waals surface area contributed by atoms with Gasteiger partial charge in [-0.3, -0.25) is 0 Å². The Bertz CT molecular complexity index is 593. The number of nitrogens with zero attached hydrogens (tertiary/aromatic N) is 2. The number of nitrogens with one attached hydrogen (secondary N) is 1. The molecule has 140 valence electrons. The van der Waals surface area contributed by atoms with Crippen molar-refractivity contribution in [2.75, 3.05) is 40.5 Å². The monoisotopic (exact) mass is 351 g/mol. The number of ether oxygens (including phenoxy) is 2. The SMILES string of the molecule is CCNC(=NCc1cc(C(=O)OC)c(C)o1)N(C)CCOCC1CC1. The molecule has 0 amide bonds. The van der Waals surface area contributed by atoms with Crippen LogP contribution >= 0.6 is 0 Å². The van der Waals surface area contributed by atoms with Gasteiger partial charge in [-0.1, -0.05) is 0 Å². The van der Waals surface area contributed by atoms with E-state index in [0.717, 1.165) is 31.6 Å². The first kappa shape index (κ1) is 19.3. The second-order valence-corrected chi connectivity index (χ2v) is 6.28. The number of aliphatic imine (C=N–C) groups is 1. The van der Waals surface area contributed by atoms with Crippen LogP contribution in [0.15, 0.2) is 15.5 Å². The summed E-state index contributed by atoms with van der Waals surface area (Å²) < 4.78 is 16.0. The molecule has 0 bridgehead atoms. The van der Waals surface area contributed by atoms with E-state index >= 15 is 0 Å². The molecule has 1 aliphatic carbocycles. The molecular weight excluding hydrogens is 322 g/mol. The second-order valence-electron chi connectivity index (χ2n) is 6.28. The van der Waals surface area contributed by atoms with E-state index < -0.39 is 5.97 Å². The normalized spacial score (nSPS) is 14.5. The molecule has 0 radical (unpaired) electrons. The first-order chi connectivity index (χ1) is 12.0. The zero-order valence-electron chi connectivity index (χ0n) is 15.6. The summed E-state index contributed by atoms with van der Waals surface area (Å²) in [6, 6.07) is 1.69. The lowest BCUT2D eigenvalue weighted by molar-refractivity contribution is 0.0599. The smallest absolute Gasteiger partial charge is 0.341 e. The number of aryl methyl sites for hydroxylation is 1. The lowest BCUT2D eigenvalue weighted by atomic mass is 10.2. The van der Waals surface area contributed by atoms with Crippen molar-refractivity contribution in [3.63, 3.8) is 0 Å². The van der Waals surface area contributed by atoms with Gasteiger partial charge in [-0.25, -0.2) is 9.79 Å². The molecule has 0 aliphatic heterocycles. The summed E-state index contributed by atoms with van der Waals surface area (Å²) in [6.45, 7) is 7.22. The number of carbonyl (C=O) groups excluding carboxylic acids is 1. The highest BCUT2D eigenvalue weighted by Crippen LogP contribution is 2.28. The fourth-order valence-corrected chi connectivity index (χ4v) is 2.40. The molecule has 0 atom stereocenters. The average molecular weight is 351 g/mol. The third kappa shape index (κ3) is 6.08. The fourth-order valence-electron chi connectivity index (χ4n) is 2.40. The first-order valence-electron chi connectivity index (χ1n) is 8.80. The van der Waals surface area contributed by atoms with Gasteiger partial charge in [0.15, 0.2) is 5.96 Å². The highest BCUT2D eigenvalue weighted by Gasteiger charge is 2.21. The number of hydrogen-bond acceptors (Lipinski definition) is 5. The number of carbonyl (C=O) groups is 1.